The first-order valence-electron chi connectivity index (χ1n) is 11.2. The molecule has 2 N–H and O–H groups in total. The zero-order valence-corrected chi connectivity index (χ0v) is 18.6. The lowest BCUT2D eigenvalue weighted by Crippen LogP contribution is -2.32. The molecule has 0 amide bonds. The number of nitrogens with zero attached hydrogens (tertiary/aromatic N) is 2. The van der Waals surface area contributed by atoms with Crippen LogP contribution in [0.5, 0.6) is 5.75 Å². The van der Waals surface area contributed by atoms with Crippen LogP contribution in [0.15, 0.2) is 59.7 Å². The van der Waals surface area contributed by atoms with Gasteiger partial charge in [0.1, 0.15) is 17.0 Å². The summed E-state index contributed by atoms with van der Waals surface area (Å²) in [6.07, 6.45) is 10.4. The Morgan fingerprint density at radius 3 is 2.82 bits per heavy atom. The van der Waals surface area contributed by atoms with Crippen LogP contribution in [-0.4, -0.2) is 46.1 Å². The third kappa shape index (κ3) is 4.36. The van der Waals surface area contributed by atoms with Gasteiger partial charge in [-0.3, -0.25) is 4.90 Å². The van der Waals surface area contributed by atoms with Crippen molar-refractivity contribution in [2.45, 2.75) is 31.7 Å². The van der Waals surface area contributed by atoms with Crippen molar-refractivity contribution in [3.63, 3.8) is 0 Å². The maximum atomic E-state index is 11.5. The molecule has 1 saturated heterocycles. The average molecular weight is 446 g/mol. The van der Waals surface area contributed by atoms with E-state index in [1.807, 2.05) is 18.3 Å². The molecule has 33 heavy (non-hydrogen) atoms. The second-order valence-corrected chi connectivity index (χ2v) is 8.64. The molecule has 7 heteroatoms. The van der Waals surface area contributed by atoms with Gasteiger partial charge in [-0.05, 0) is 78.4 Å². The number of fused-ring (bicyclic) bond motifs is 1. The highest BCUT2D eigenvalue weighted by Crippen LogP contribution is 2.35. The predicted molar refractivity (Wildman–Crippen MR) is 125 cm³/mol. The number of hydrogen-bond acceptors (Lipinski definition) is 5. The van der Waals surface area contributed by atoms with Gasteiger partial charge in [0.05, 0.1) is 19.6 Å². The summed E-state index contributed by atoms with van der Waals surface area (Å²) in [5.41, 5.74) is 5.90. The number of piperidine rings is 1. The number of carboxylic acids is 1. The minimum absolute atomic E-state index is 0.210. The van der Waals surface area contributed by atoms with E-state index in [0.717, 1.165) is 55.7 Å². The Labute approximate surface area is 192 Å². The molecule has 7 nitrogen and oxygen atoms in total. The highest BCUT2D eigenvalue weighted by atomic mass is 16.5. The molecule has 0 saturated carbocycles. The van der Waals surface area contributed by atoms with Gasteiger partial charge < -0.3 is 19.2 Å². The van der Waals surface area contributed by atoms with Gasteiger partial charge in [0.15, 0.2) is 0 Å². The fourth-order valence-corrected chi connectivity index (χ4v) is 4.91. The number of benzene rings is 1. The van der Waals surface area contributed by atoms with E-state index in [9.17, 15) is 9.90 Å². The summed E-state index contributed by atoms with van der Waals surface area (Å²) in [7, 11) is 1.49. The molecule has 0 atom stereocenters. The van der Waals surface area contributed by atoms with E-state index < -0.39 is 5.97 Å². The van der Waals surface area contributed by atoms with E-state index in [2.05, 4.69) is 27.1 Å². The molecule has 0 bridgehead atoms. The standard InChI is InChI=1S/C26H27N3O4/c1-32-23-3-2-17(13-21(23)26(30)31)15-29-9-5-19(6-10-29)22-14-28-25-24(22)20(4-8-27-25)12-18-7-11-33-16-18/h2-4,7-8,11,13-14,16,19H,5-6,9-10,12,15H2,1H3,(H,27,28)(H,30,31). The van der Waals surface area contributed by atoms with E-state index in [1.54, 1.807) is 24.7 Å². The third-order valence-corrected chi connectivity index (χ3v) is 6.59. The van der Waals surface area contributed by atoms with E-state index in [0.29, 0.717) is 11.7 Å². The van der Waals surface area contributed by atoms with Crippen molar-refractivity contribution >= 4 is 17.0 Å². The molecule has 170 valence electrons. The van der Waals surface area contributed by atoms with E-state index in [-0.39, 0.29) is 5.56 Å². The Balaban J connectivity index is 1.30. The number of ether oxygens (including phenoxy) is 1. The van der Waals surface area contributed by atoms with Crippen LogP contribution >= 0.6 is 0 Å². The van der Waals surface area contributed by atoms with E-state index in [4.69, 9.17) is 9.15 Å². The second-order valence-electron chi connectivity index (χ2n) is 8.64. The second kappa shape index (κ2) is 9.11. The summed E-state index contributed by atoms with van der Waals surface area (Å²) < 4.78 is 10.4. The lowest BCUT2D eigenvalue weighted by Gasteiger charge is -2.32. The maximum Gasteiger partial charge on any atom is 0.339 e. The number of carbonyl (C=O) groups is 1. The Morgan fingerprint density at radius 1 is 1.24 bits per heavy atom. The number of carboxylic acid groups (broad SMARTS) is 1. The summed E-state index contributed by atoms with van der Waals surface area (Å²) in [5.74, 6) is -0.108. The third-order valence-electron chi connectivity index (χ3n) is 6.59. The molecule has 4 aromatic rings. The van der Waals surface area contributed by atoms with E-state index >= 15 is 0 Å². The van der Waals surface area contributed by atoms with Gasteiger partial charge in [0.25, 0.3) is 0 Å². The molecule has 0 aliphatic carbocycles. The number of methoxy groups -OCH3 is 1. The summed E-state index contributed by atoms with van der Waals surface area (Å²) in [6.45, 7) is 2.66. The maximum absolute atomic E-state index is 11.5. The minimum atomic E-state index is -0.966. The number of aromatic amines is 1. The Bertz CT molecular complexity index is 1250. The van der Waals surface area contributed by atoms with Crippen molar-refractivity contribution in [2.24, 2.45) is 0 Å². The molecular weight excluding hydrogens is 418 g/mol. The lowest BCUT2D eigenvalue weighted by atomic mass is 9.87. The van der Waals surface area contributed by atoms with Crippen molar-refractivity contribution < 1.29 is 19.1 Å². The summed E-state index contributed by atoms with van der Waals surface area (Å²) in [6, 6.07) is 9.52. The molecule has 0 spiro atoms. The van der Waals surface area contributed by atoms with Crippen molar-refractivity contribution in [1.82, 2.24) is 14.9 Å². The van der Waals surface area contributed by atoms with Crippen LogP contribution in [-0.2, 0) is 13.0 Å². The number of aromatic carboxylic acids is 1. The van der Waals surface area contributed by atoms with Gasteiger partial charge in [0, 0.05) is 30.7 Å². The molecular formula is C26H27N3O4. The van der Waals surface area contributed by atoms with Gasteiger partial charge in [0.2, 0.25) is 0 Å². The van der Waals surface area contributed by atoms with Crippen molar-refractivity contribution in [2.75, 3.05) is 20.2 Å². The van der Waals surface area contributed by atoms with Crippen LogP contribution in [0.2, 0.25) is 0 Å². The van der Waals surface area contributed by atoms with Gasteiger partial charge >= 0.3 is 5.97 Å². The summed E-state index contributed by atoms with van der Waals surface area (Å²) in [5, 5.41) is 10.7. The molecule has 4 heterocycles. The summed E-state index contributed by atoms with van der Waals surface area (Å²) >= 11 is 0. The molecule has 1 aromatic carbocycles. The number of furan rings is 1. The number of H-pyrrole nitrogens is 1. The number of likely N-dealkylation sites (tertiary alicyclic amines) is 1. The van der Waals surface area contributed by atoms with Gasteiger partial charge in [-0.15, -0.1) is 0 Å². The molecule has 0 unspecified atom stereocenters. The van der Waals surface area contributed by atoms with Gasteiger partial charge in [-0.25, -0.2) is 9.78 Å². The number of rotatable bonds is 7. The molecule has 1 aliphatic heterocycles. The smallest absolute Gasteiger partial charge is 0.339 e. The molecule has 3 aromatic heterocycles. The zero-order valence-electron chi connectivity index (χ0n) is 18.6. The number of hydrogen-bond donors (Lipinski definition) is 2. The van der Waals surface area contributed by atoms with Crippen LogP contribution in [0.3, 0.4) is 0 Å². The van der Waals surface area contributed by atoms with Gasteiger partial charge in [-0.1, -0.05) is 6.07 Å². The highest BCUT2D eigenvalue weighted by Gasteiger charge is 2.24. The van der Waals surface area contributed by atoms with Crippen molar-refractivity contribution in [3.05, 3.63) is 83.1 Å². The minimum Gasteiger partial charge on any atom is -0.496 e. The lowest BCUT2D eigenvalue weighted by molar-refractivity contribution is 0.0693. The van der Waals surface area contributed by atoms with Crippen LogP contribution in [0.25, 0.3) is 11.0 Å². The first kappa shape index (κ1) is 21.3. The molecule has 1 fully saturated rings. The molecule has 1 aliphatic rings. The topological polar surface area (TPSA) is 91.6 Å². The first-order chi connectivity index (χ1) is 16.1. The van der Waals surface area contributed by atoms with Crippen LogP contribution in [0.1, 0.15) is 51.4 Å². The van der Waals surface area contributed by atoms with Gasteiger partial charge in [-0.2, -0.15) is 0 Å². The van der Waals surface area contributed by atoms with Crippen LogP contribution in [0, 0.1) is 0 Å². The molecule has 0 radical (unpaired) electrons. The SMILES string of the molecule is COc1ccc(CN2CCC(c3c[nH]c4nccc(Cc5ccoc5)c34)CC2)cc1C(=O)O. The van der Waals surface area contributed by atoms with Crippen molar-refractivity contribution in [3.8, 4) is 5.75 Å². The summed E-state index contributed by atoms with van der Waals surface area (Å²) in [4.78, 5) is 21.8. The fraction of sp³-hybridized carbons (Fsp3) is 0.308. The Kier molecular flexibility index (Phi) is 5.88. The predicted octanol–water partition coefficient (Wildman–Crippen LogP) is 4.83. The van der Waals surface area contributed by atoms with Crippen LogP contribution < -0.4 is 4.74 Å². The normalized spacial score (nSPS) is 15.2. The number of pyridine rings is 1. The average Bonchev–Trinajstić information content (AvgIpc) is 3.50. The van der Waals surface area contributed by atoms with Crippen LogP contribution in [0.4, 0.5) is 0 Å². The highest BCUT2D eigenvalue weighted by molar-refractivity contribution is 5.91. The Morgan fingerprint density at radius 2 is 2.09 bits per heavy atom. The monoisotopic (exact) mass is 445 g/mol. The largest absolute Gasteiger partial charge is 0.496 e. The first-order valence-corrected chi connectivity index (χ1v) is 11.2. The number of aromatic nitrogens is 2. The van der Waals surface area contributed by atoms with E-state index in [1.165, 1.54) is 23.6 Å². The Hall–Kier alpha value is -3.58. The zero-order chi connectivity index (χ0) is 22.8. The van der Waals surface area contributed by atoms with Crippen molar-refractivity contribution in [1.29, 1.82) is 0 Å². The number of nitrogens with one attached hydrogen (secondary N) is 1. The quantitative estimate of drug-likeness (QED) is 0.423. The fourth-order valence-electron chi connectivity index (χ4n) is 4.91. The molecule has 5 rings (SSSR count).